The molecule has 0 nitrogen and oxygen atoms in total. The van der Waals surface area contributed by atoms with Crippen LogP contribution in [-0.2, 0) is 19.5 Å². The van der Waals surface area contributed by atoms with Crippen molar-refractivity contribution in [2.75, 3.05) is 0 Å². The molecule has 0 N–H and O–H groups in total. The fourth-order valence-electron chi connectivity index (χ4n) is 0.213. The molecule has 2 rings (SSSR count). The second-order valence-corrected chi connectivity index (χ2v) is 2.78. The van der Waals surface area contributed by atoms with Crippen LogP contribution in [0.15, 0.2) is 10.1 Å². The van der Waals surface area contributed by atoms with Gasteiger partial charge in [-0.25, -0.2) is 17.6 Å². The van der Waals surface area contributed by atoms with Crippen molar-refractivity contribution in [2.24, 2.45) is 0 Å². The van der Waals surface area contributed by atoms with E-state index in [0.717, 1.165) is 0 Å². The van der Waals surface area contributed by atoms with E-state index in [1.54, 1.807) is 12.2 Å². The Hall–Kier alpha value is 0.403. The van der Waals surface area contributed by atoms with Crippen molar-refractivity contribution in [2.45, 2.75) is 11.8 Å². The molecular weight excluding hydrogens is 284 g/mol. The molecule has 7 heteroatoms. The number of alkyl halides is 4. The summed E-state index contributed by atoms with van der Waals surface area (Å²) in [5.74, 6) is -5.72. The summed E-state index contributed by atoms with van der Waals surface area (Å²) < 4.78 is 45.0. The van der Waals surface area contributed by atoms with Crippen molar-refractivity contribution in [3.63, 3.8) is 0 Å². The second-order valence-electron chi connectivity index (χ2n) is 2.03. The minimum atomic E-state index is -2.86. The first kappa shape index (κ1) is 13.4. The van der Waals surface area contributed by atoms with E-state index in [-0.39, 0.29) is 19.5 Å². The van der Waals surface area contributed by atoms with Gasteiger partial charge in [0.1, 0.15) is 11.8 Å². The Balaban J connectivity index is 0.000000206. The average Bonchev–Trinajstić information content (AvgIpc) is 2.54. The molecule has 0 fully saturated rings. The van der Waals surface area contributed by atoms with Gasteiger partial charge in [0.2, 0.25) is 0 Å². The molecule has 0 saturated heterocycles. The van der Waals surface area contributed by atoms with Gasteiger partial charge in [-0.3, -0.25) is 0 Å². The molecule has 0 aliphatic heterocycles. The number of hydrogen-bond acceptors (Lipinski definition) is 0. The number of allylic oxidation sites excluding steroid dienone is 4. The third-order valence-corrected chi connectivity index (χ3v) is 1.62. The van der Waals surface area contributed by atoms with Gasteiger partial charge < -0.3 is 12.2 Å². The number of rotatable bonds is 0. The monoisotopic (exact) mass is 282 g/mol. The van der Waals surface area contributed by atoms with E-state index < -0.39 is 21.9 Å². The van der Waals surface area contributed by atoms with Crippen molar-refractivity contribution in [1.82, 2.24) is 0 Å². The summed E-state index contributed by atoms with van der Waals surface area (Å²) in [6, 6.07) is 0. The Bertz CT molecular complexity index is 244. The van der Waals surface area contributed by atoms with Gasteiger partial charge in [0.15, 0.2) is 0 Å². The second kappa shape index (κ2) is 3.87. The summed E-state index contributed by atoms with van der Waals surface area (Å²) in [5, 5.41) is -0.912. The summed E-state index contributed by atoms with van der Waals surface area (Å²) in [6.45, 7) is 0. The zero-order valence-electron chi connectivity index (χ0n) is 5.97. The van der Waals surface area contributed by atoms with Crippen LogP contribution >= 0.6 is 23.2 Å². The van der Waals surface area contributed by atoms with Crippen LogP contribution in [0.25, 0.3) is 0 Å². The third kappa shape index (κ3) is 3.96. The van der Waals surface area contributed by atoms with Gasteiger partial charge in [-0.05, 0) is 0 Å². The fraction of sp³-hybridized carbons (Fsp3) is 0.333. The Morgan fingerprint density at radius 3 is 0.923 bits per heavy atom. The maximum atomic E-state index is 11.2. The summed E-state index contributed by atoms with van der Waals surface area (Å²) in [6.07, 6.45) is 3.24. The van der Waals surface area contributed by atoms with Gasteiger partial charge in [-0.2, -0.15) is 0 Å². The smallest absolute Gasteiger partial charge is 0.403 e. The molecule has 0 saturated carbocycles. The molecule has 2 aliphatic carbocycles. The van der Waals surface area contributed by atoms with Crippen LogP contribution in [-0.4, -0.2) is 11.8 Å². The van der Waals surface area contributed by atoms with Crippen LogP contribution in [0.5, 0.6) is 0 Å². The Morgan fingerprint density at radius 2 is 0.923 bits per heavy atom. The van der Waals surface area contributed by atoms with Crippen LogP contribution in [0.4, 0.5) is 17.6 Å². The van der Waals surface area contributed by atoms with Crippen molar-refractivity contribution >= 4 is 23.2 Å². The van der Waals surface area contributed by atoms with Crippen molar-refractivity contribution in [1.29, 1.82) is 0 Å². The zero-order chi connectivity index (χ0) is 9.57. The molecule has 0 spiro atoms. The van der Waals surface area contributed by atoms with Crippen LogP contribution in [0, 0.1) is 12.2 Å². The van der Waals surface area contributed by atoms with E-state index in [0.29, 0.717) is 0 Å². The van der Waals surface area contributed by atoms with Crippen LogP contribution < -0.4 is 0 Å². The van der Waals surface area contributed by atoms with Crippen LogP contribution in [0.2, 0.25) is 0 Å². The van der Waals surface area contributed by atoms with Gasteiger partial charge in [0.05, 0.1) is 0 Å². The Labute approximate surface area is 94.3 Å². The molecule has 0 aromatic carbocycles. The topological polar surface area (TPSA) is 0 Å². The minimum absolute atomic E-state index is 0. The van der Waals surface area contributed by atoms with Crippen LogP contribution in [0.3, 0.4) is 0 Å². The molecule has 68 valence electrons. The molecule has 0 heterocycles. The maximum Gasteiger partial charge on any atom is 2.00 e. The molecule has 0 aromatic rings. The average molecular weight is 284 g/mol. The van der Waals surface area contributed by atoms with E-state index in [1.165, 1.54) is 0 Å². The van der Waals surface area contributed by atoms with E-state index in [9.17, 15) is 17.6 Å². The predicted octanol–water partition coefficient (Wildman–Crippen LogP) is 3.12. The Kier molecular flexibility index (Phi) is 3.99. The van der Waals surface area contributed by atoms with E-state index in [2.05, 4.69) is 0 Å². The van der Waals surface area contributed by atoms with Crippen molar-refractivity contribution < 1.29 is 37.0 Å². The first-order valence-electron chi connectivity index (χ1n) is 2.63. The minimum Gasteiger partial charge on any atom is -0.403 e. The zero-order valence-corrected chi connectivity index (χ0v) is 10.5. The van der Waals surface area contributed by atoms with Gasteiger partial charge in [-0.15, -0.1) is 33.3 Å². The standard InChI is InChI=1S/2C3ClF2.Zn/c2*4-2-1-3(2,5)6;/q2*-1;+2. The largest absolute Gasteiger partial charge is 2.00 e. The SMILES string of the molecule is FC1(F)[C-]=C1Cl.FC1(F)[C-]=C1Cl.[Zn+2]. The quantitative estimate of drug-likeness (QED) is 0.364. The van der Waals surface area contributed by atoms with E-state index in [4.69, 9.17) is 23.2 Å². The predicted molar refractivity (Wildman–Crippen MR) is 35.1 cm³/mol. The van der Waals surface area contributed by atoms with Gasteiger partial charge in [-0.1, -0.05) is 0 Å². The molecule has 0 radical (unpaired) electrons. The first-order valence-corrected chi connectivity index (χ1v) is 3.39. The van der Waals surface area contributed by atoms with Gasteiger partial charge >= 0.3 is 19.5 Å². The molecule has 13 heavy (non-hydrogen) atoms. The van der Waals surface area contributed by atoms with Gasteiger partial charge in [0.25, 0.3) is 0 Å². The number of halogens is 6. The molecule has 0 unspecified atom stereocenters. The van der Waals surface area contributed by atoms with Crippen molar-refractivity contribution in [3.05, 3.63) is 22.2 Å². The molecule has 0 aromatic heterocycles. The normalized spacial score (nSPS) is 24.2. The van der Waals surface area contributed by atoms with Gasteiger partial charge in [0, 0.05) is 0 Å². The van der Waals surface area contributed by atoms with Crippen LogP contribution in [0.1, 0.15) is 0 Å². The first-order chi connectivity index (χ1) is 5.26. The molecular formula is C6Cl2F4Zn. The number of hydrogen-bond donors (Lipinski definition) is 0. The van der Waals surface area contributed by atoms with Crippen molar-refractivity contribution in [3.8, 4) is 0 Å². The van der Waals surface area contributed by atoms with E-state index >= 15 is 0 Å². The summed E-state index contributed by atoms with van der Waals surface area (Å²) in [5.41, 5.74) is 0. The molecule has 0 bridgehead atoms. The molecule has 0 amide bonds. The van der Waals surface area contributed by atoms with E-state index in [1.807, 2.05) is 0 Å². The summed E-state index contributed by atoms with van der Waals surface area (Å²) >= 11 is 9.47. The fourth-order valence-corrected chi connectivity index (χ4v) is 0.451. The molecule has 0 atom stereocenters. The molecule has 2 aliphatic rings. The Morgan fingerprint density at radius 1 is 0.846 bits per heavy atom. The summed E-state index contributed by atoms with van der Waals surface area (Å²) in [4.78, 5) is 0. The maximum absolute atomic E-state index is 11.2. The summed E-state index contributed by atoms with van der Waals surface area (Å²) in [7, 11) is 0. The third-order valence-electron chi connectivity index (χ3n) is 0.960.